The van der Waals surface area contributed by atoms with Gasteiger partial charge in [0.05, 0.1) is 24.4 Å². The van der Waals surface area contributed by atoms with Gasteiger partial charge in [0.25, 0.3) is 0 Å². The van der Waals surface area contributed by atoms with Crippen molar-refractivity contribution in [3.8, 4) is 0 Å². The first-order valence-corrected chi connectivity index (χ1v) is 8.18. The molecule has 0 radical (unpaired) electrons. The van der Waals surface area contributed by atoms with Gasteiger partial charge in [-0.1, -0.05) is 18.2 Å². The third kappa shape index (κ3) is 3.41. The quantitative estimate of drug-likeness (QED) is 0.695. The Labute approximate surface area is 136 Å². The Morgan fingerprint density at radius 2 is 2.14 bits per heavy atom. The van der Waals surface area contributed by atoms with Crippen molar-refractivity contribution < 1.29 is 4.74 Å². The van der Waals surface area contributed by atoms with Crippen LogP contribution >= 0.6 is 11.6 Å². The van der Waals surface area contributed by atoms with E-state index in [1.54, 1.807) is 0 Å². The molecule has 0 bridgehead atoms. The number of fused-ring (bicyclic) bond motifs is 1. The number of nitrogens with zero attached hydrogens (tertiary/aromatic N) is 2. The fourth-order valence-corrected chi connectivity index (χ4v) is 3.21. The zero-order valence-corrected chi connectivity index (χ0v) is 13.6. The molecule has 22 heavy (non-hydrogen) atoms. The van der Waals surface area contributed by atoms with E-state index in [1.807, 2.05) is 13.1 Å². The van der Waals surface area contributed by atoms with E-state index in [-0.39, 0.29) is 11.5 Å². The molecule has 4 nitrogen and oxygen atoms in total. The van der Waals surface area contributed by atoms with Crippen LogP contribution in [0.4, 0.5) is 0 Å². The fraction of sp³-hybridized carbons (Fsp3) is 0.471. The lowest BCUT2D eigenvalue weighted by molar-refractivity contribution is 0.0314. The summed E-state index contributed by atoms with van der Waals surface area (Å²) in [4.78, 5) is 6.76. The maximum Gasteiger partial charge on any atom is 0.0892 e. The Kier molecular flexibility index (Phi) is 4.93. The van der Waals surface area contributed by atoms with E-state index in [0.717, 1.165) is 43.8 Å². The minimum absolute atomic E-state index is 0.0115. The number of hydrogen-bond donors (Lipinski definition) is 1. The van der Waals surface area contributed by atoms with Gasteiger partial charge in [0.15, 0.2) is 0 Å². The van der Waals surface area contributed by atoms with Crippen LogP contribution in [-0.2, 0) is 11.2 Å². The molecule has 0 spiro atoms. The second-order valence-electron chi connectivity index (χ2n) is 5.82. The monoisotopic (exact) mass is 319 g/mol. The number of alkyl halides is 1. The zero-order valence-electron chi connectivity index (χ0n) is 12.8. The van der Waals surface area contributed by atoms with Gasteiger partial charge in [0.2, 0.25) is 0 Å². The maximum absolute atomic E-state index is 6.61. The molecular weight excluding hydrogens is 298 g/mol. The van der Waals surface area contributed by atoms with Gasteiger partial charge in [-0.15, -0.1) is 11.6 Å². The van der Waals surface area contributed by atoms with E-state index < -0.39 is 0 Å². The van der Waals surface area contributed by atoms with Crippen LogP contribution in [-0.4, -0.2) is 41.7 Å². The molecule has 118 valence electrons. The van der Waals surface area contributed by atoms with Crippen molar-refractivity contribution in [2.24, 2.45) is 5.73 Å². The number of ether oxygens (including phenoxy) is 1. The van der Waals surface area contributed by atoms with E-state index in [9.17, 15) is 0 Å². The van der Waals surface area contributed by atoms with E-state index in [2.05, 4.69) is 34.1 Å². The van der Waals surface area contributed by atoms with Crippen molar-refractivity contribution in [2.45, 2.75) is 24.9 Å². The Morgan fingerprint density at radius 3 is 2.86 bits per heavy atom. The van der Waals surface area contributed by atoms with Crippen LogP contribution in [0.1, 0.15) is 24.2 Å². The highest BCUT2D eigenvalue weighted by Gasteiger charge is 2.19. The lowest BCUT2D eigenvalue weighted by Crippen LogP contribution is -2.41. The molecule has 1 aromatic heterocycles. The average molecular weight is 320 g/mol. The number of benzene rings is 1. The van der Waals surface area contributed by atoms with Gasteiger partial charge in [-0.3, -0.25) is 9.88 Å². The first-order valence-electron chi connectivity index (χ1n) is 7.74. The van der Waals surface area contributed by atoms with Crippen molar-refractivity contribution >= 4 is 22.4 Å². The Bertz CT molecular complexity index is 641. The number of halogens is 1. The summed E-state index contributed by atoms with van der Waals surface area (Å²) in [5.41, 5.74) is 8.05. The first-order chi connectivity index (χ1) is 10.6. The summed E-state index contributed by atoms with van der Waals surface area (Å²) in [6.07, 6.45) is 2.73. The molecule has 2 N–H and O–H groups in total. The largest absolute Gasteiger partial charge is 0.379 e. The van der Waals surface area contributed by atoms with Crippen LogP contribution < -0.4 is 5.73 Å². The highest BCUT2D eigenvalue weighted by Crippen LogP contribution is 2.24. The standard InChI is InChI=1S/C17H22ClN3O/c1-12(19)16-9-13-3-2-4-14(15(13)11-20-16)10-17(18)21-5-7-22-8-6-21/h2-4,9,11-12,17H,5-8,10,19H2,1H3. The molecule has 2 atom stereocenters. The van der Waals surface area contributed by atoms with Crippen molar-refractivity contribution in [2.75, 3.05) is 26.3 Å². The summed E-state index contributed by atoms with van der Waals surface area (Å²) in [7, 11) is 0. The predicted molar refractivity (Wildman–Crippen MR) is 90.1 cm³/mol. The highest BCUT2D eigenvalue weighted by molar-refractivity contribution is 6.20. The molecule has 2 unspecified atom stereocenters. The second kappa shape index (κ2) is 6.92. The van der Waals surface area contributed by atoms with Crippen LogP contribution in [0.15, 0.2) is 30.5 Å². The molecule has 1 aliphatic heterocycles. The van der Waals surface area contributed by atoms with Crippen LogP contribution in [0.25, 0.3) is 10.8 Å². The summed E-state index contributed by atoms with van der Waals surface area (Å²) >= 11 is 6.61. The van der Waals surface area contributed by atoms with Gasteiger partial charge in [-0.05, 0) is 23.9 Å². The third-order valence-electron chi connectivity index (χ3n) is 4.17. The molecule has 2 aromatic rings. The molecule has 1 aliphatic rings. The van der Waals surface area contributed by atoms with Gasteiger partial charge in [-0.2, -0.15) is 0 Å². The lowest BCUT2D eigenvalue weighted by atomic mass is 10.0. The molecule has 3 rings (SSSR count). The van der Waals surface area contributed by atoms with E-state index >= 15 is 0 Å². The predicted octanol–water partition coefficient (Wildman–Crippen LogP) is 2.69. The smallest absolute Gasteiger partial charge is 0.0892 e. The van der Waals surface area contributed by atoms with Gasteiger partial charge < -0.3 is 10.5 Å². The van der Waals surface area contributed by atoms with E-state index in [0.29, 0.717) is 0 Å². The van der Waals surface area contributed by atoms with Crippen molar-refractivity contribution in [3.05, 3.63) is 41.7 Å². The summed E-state index contributed by atoms with van der Waals surface area (Å²) < 4.78 is 5.38. The van der Waals surface area contributed by atoms with Gasteiger partial charge in [0.1, 0.15) is 0 Å². The summed E-state index contributed by atoms with van der Waals surface area (Å²) in [5.74, 6) is 0. The van der Waals surface area contributed by atoms with Gasteiger partial charge >= 0.3 is 0 Å². The molecule has 2 heterocycles. The summed E-state index contributed by atoms with van der Waals surface area (Å²) in [6, 6.07) is 8.32. The minimum Gasteiger partial charge on any atom is -0.379 e. The Hall–Kier alpha value is -1.20. The normalized spacial score (nSPS) is 19.2. The molecule has 0 aliphatic carbocycles. The number of rotatable bonds is 4. The second-order valence-corrected chi connectivity index (χ2v) is 6.33. The fourth-order valence-electron chi connectivity index (χ4n) is 2.85. The van der Waals surface area contributed by atoms with Gasteiger partial charge in [-0.25, -0.2) is 0 Å². The number of aromatic nitrogens is 1. The molecule has 0 amide bonds. The molecule has 1 saturated heterocycles. The first kappa shape index (κ1) is 15.7. The van der Waals surface area contributed by atoms with E-state index in [1.165, 1.54) is 10.9 Å². The van der Waals surface area contributed by atoms with Crippen LogP contribution in [0.3, 0.4) is 0 Å². The molecule has 1 aromatic carbocycles. The number of nitrogens with two attached hydrogens (primary N) is 1. The zero-order chi connectivity index (χ0) is 15.5. The SMILES string of the molecule is CC(N)c1cc2cccc(CC(Cl)N3CCOCC3)c2cn1. The lowest BCUT2D eigenvalue weighted by Gasteiger charge is -2.31. The Balaban J connectivity index is 1.84. The van der Waals surface area contributed by atoms with E-state index in [4.69, 9.17) is 22.1 Å². The van der Waals surface area contributed by atoms with Crippen LogP contribution in [0, 0.1) is 0 Å². The number of hydrogen-bond acceptors (Lipinski definition) is 4. The topological polar surface area (TPSA) is 51.4 Å². The maximum atomic E-state index is 6.61. The Morgan fingerprint density at radius 1 is 1.36 bits per heavy atom. The average Bonchev–Trinajstić information content (AvgIpc) is 2.55. The minimum atomic E-state index is -0.0535. The molecular formula is C17H22ClN3O. The summed E-state index contributed by atoms with van der Waals surface area (Å²) in [5, 5.41) is 2.33. The van der Waals surface area contributed by atoms with Crippen molar-refractivity contribution in [3.63, 3.8) is 0 Å². The van der Waals surface area contributed by atoms with Gasteiger partial charge in [0, 0.05) is 37.1 Å². The molecule has 0 saturated carbocycles. The third-order valence-corrected chi connectivity index (χ3v) is 4.60. The summed E-state index contributed by atoms with van der Waals surface area (Å²) in [6.45, 7) is 5.26. The van der Waals surface area contributed by atoms with Crippen LogP contribution in [0.2, 0.25) is 0 Å². The molecule has 1 fully saturated rings. The van der Waals surface area contributed by atoms with Crippen LogP contribution in [0.5, 0.6) is 0 Å². The highest BCUT2D eigenvalue weighted by atomic mass is 35.5. The van der Waals surface area contributed by atoms with Crippen molar-refractivity contribution in [1.82, 2.24) is 9.88 Å². The molecule has 5 heteroatoms. The van der Waals surface area contributed by atoms with Crippen molar-refractivity contribution in [1.29, 1.82) is 0 Å². The number of morpholine rings is 1. The number of pyridine rings is 1.